The second-order valence-corrected chi connectivity index (χ2v) is 8.59. The minimum Gasteiger partial charge on any atom is -0.477 e. The van der Waals surface area contributed by atoms with Gasteiger partial charge >= 0.3 is 5.97 Å². The molecule has 2 N–H and O–H groups in total. The Bertz CT molecular complexity index is 479. The van der Waals surface area contributed by atoms with Gasteiger partial charge in [0.15, 0.2) is 12.9 Å². The van der Waals surface area contributed by atoms with Crippen molar-refractivity contribution in [1.29, 1.82) is 0 Å². The molecule has 0 saturated heterocycles. The van der Waals surface area contributed by atoms with Gasteiger partial charge in [-0.3, -0.25) is 4.48 Å². The molecule has 0 bridgehead atoms. The average molecular weight is 410 g/mol. The summed E-state index contributed by atoms with van der Waals surface area (Å²) in [5.41, 5.74) is 0. The molecule has 0 aromatic heterocycles. The number of aliphatic hydroxyl groups excluding tert-OH is 1. The van der Waals surface area contributed by atoms with Crippen LogP contribution in [-0.2, 0) is 4.79 Å². The van der Waals surface area contributed by atoms with Gasteiger partial charge < -0.3 is 10.2 Å². The molecular formula is C24H45N2O3+. The third-order valence-electron chi connectivity index (χ3n) is 6.05. The molecule has 2 atom stereocenters. The lowest BCUT2D eigenvalue weighted by Crippen LogP contribution is -2.55. The zero-order valence-corrected chi connectivity index (χ0v) is 18.7. The molecule has 0 fully saturated rings. The molecule has 0 radical (unpaired) electrons. The van der Waals surface area contributed by atoms with Crippen LogP contribution in [0.4, 0.5) is 0 Å². The number of aliphatic imine (C=N–C) groups is 1. The number of unbranched alkanes of at least 4 members (excludes halogenated alkanes) is 12. The molecule has 1 aliphatic rings. The zero-order valence-electron chi connectivity index (χ0n) is 18.7. The first kappa shape index (κ1) is 25.8. The van der Waals surface area contributed by atoms with Gasteiger partial charge in [0.05, 0.1) is 6.54 Å². The van der Waals surface area contributed by atoms with Crippen LogP contribution in [0.1, 0.15) is 96.8 Å². The minimum atomic E-state index is -0.810. The van der Waals surface area contributed by atoms with Gasteiger partial charge in [-0.1, -0.05) is 83.6 Å². The summed E-state index contributed by atoms with van der Waals surface area (Å²) in [4.78, 5) is 15.6. The SMILES string of the molecule is CCCCCCCCCCCCCCC=CC(CCO)[N+]1(CC(=O)O)C=NCC1. The Morgan fingerprint density at radius 3 is 2.10 bits per heavy atom. The van der Waals surface area contributed by atoms with Crippen molar-refractivity contribution in [2.45, 2.75) is 103 Å². The molecule has 0 saturated carbocycles. The van der Waals surface area contributed by atoms with Crippen LogP contribution in [0.2, 0.25) is 0 Å². The summed E-state index contributed by atoms with van der Waals surface area (Å²) < 4.78 is 0.338. The number of nitrogens with zero attached hydrogens (tertiary/aromatic N) is 2. The molecule has 168 valence electrons. The molecule has 0 amide bonds. The Labute approximate surface area is 178 Å². The minimum absolute atomic E-state index is 0.000300. The maximum Gasteiger partial charge on any atom is 0.359 e. The Kier molecular flexibility index (Phi) is 14.8. The van der Waals surface area contributed by atoms with Crippen LogP contribution in [-0.4, -0.2) is 59.3 Å². The number of hydrogen-bond acceptors (Lipinski definition) is 3. The van der Waals surface area contributed by atoms with E-state index >= 15 is 0 Å². The summed E-state index contributed by atoms with van der Waals surface area (Å²) in [7, 11) is 0. The second kappa shape index (κ2) is 16.6. The van der Waals surface area contributed by atoms with Gasteiger partial charge in [-0.05, 0) is 18.9 Å². The summed E-state index contributed by atoms with van der Waals surface area (Å²) in [5, 5.41) is 18.7. The van der Waals surface area contributed by atoms with Gasteiger partial charge in [-0.15, -0.1) is 0 Å². The third-order valence-corrected chi connectivity index (χ3v) is 6.05. The third kappa shape index (κ3) is 11.5. The predicted molar refractivity (Wildman–Crippen MR) is 121 cm³/mol. The number of allylic oxidation sites excluding steroid dienone is 1. The van der Waals surface area contributed by atoms with Crippen molar-refractivity contribution in [3.05, 3.63) is 12.2 Å². The zero-order chi connectivity index (χ0) is 21.2. The quantitative estimate of drug-likeness (QED) is 0.172. The Morgan fingerprint density at radius 2 is 1.62 bits per heavy atom. The monoisotopic (exact) mass is 409 g/mol. The predicted octanol–water partition coefficient (Wildman–Crippen LogP) is 5.33. The highest BCUT2D eigenvalue weighted by atomic mass is 16.4. The molecule has 2 unspecified atom stereocenters. The number of carbonyl (C=O) groups is 1. The van der Waals surface area contributed by atoms with Crippen molar-refractivity contribution in [2.24, 2.45) is 4.99 Å². The maximum atomic E-state index is 11.3. The highest BCUT2D eigenvalue weighted by Crippen LogP contribution is 2.20. The van der Waals surface area contributed by atoms with Crippen molar-refractivity contribution in [2.75, 3.05) is 26.2 Å². The summed E-state index contributed by atoms with van der Waals surface area (Å²) in [6, 6.07) is -0.000300. The number of aliphatic hydroxyl groups is 1. The van der Waals surface area contributed by atoms with Crippen molar-refractivity contribution < 1.29 is 19.5 Å². The molecular weight excluding hydrogens is 364 g/mol. The number of hydrogen-bond donors (Lipinski definition) is 2. The highest BCUT2D eigenvalue weighted by molar-refractivity contribution is 5.70. The van der Waals surface area contributed by atoms with Crippen molar-refractivity contribution >= 4 is 12.3 Å². The van der Waals surface area contributed by atoms with Crippen LogP contribution < -0.4 is 0 Å². The van der Waals surface area contributed by atoms with Crippen LogP contribution >= 0.6 is 0 Å². The first-order valence-electron chi connectivity index (χ1n) is 12.0. The summed E-state index contributed by atoms with van der Waals surface area (Å²) >= 11 is 0. The van der Waals surface area contributed by atoms with Gasteiger partial charge in [0.2, 0.25) is 0 Å². The molecule has 5 nitrogen and oxygen atoms in total. The van der Waals surface area contributed by atoms with E-state index in [2.05, 4.69) is 24.1 Å². The number of rotatable bonds is 19. The van der Waals surface area contributed by atoms with Crippen molar-refractivity contribution in [1.82, 2.24) is 0 Å². The number of aliphatic carboxylic acids is 1. The van der Waals surface area contributed by atoms with Crippen molar-refractivity contribution in [3.63, 3.8) is 0 Å². The summed E-state index contributed by atoms with van der Waals surface area (Å²) in [6.07, 6.45) is 23.9. The van der Waals surface area contributed by atoms with E-state index in [1.54, 1.807) is 6.34 Å². The topological polar surface area (TPSA) is 69.9 Å². The second-order valence-electron chi connectivity index (χ2n) is 8.59. The lowest BCUT2D eigenvalue weighted by Gasteiger charge is -2.35. The van der Waals surface area contributed by atoms with Crippen LogP contribution in [0.15, 0.2) is 17.1 Å². The van der Waals surface area contributed by atoms with E-state index in [0.717, 1.165) is 6.42 Å². The lowest BCUT2D eigenvalue weighted by molar-refractivity contribution is -0.841. The maximum absolute atomic E-state index is 11.3. The Balaban J connectivity index is 2.15. The largest absolute Gasteiger partial charge is 0.477 e. The fourth-order valence-corrected chi connectivity index (χ4v) is 4.28. The standard InChI is InChI=1S/C24H44N2O3/c1-2-3-4-5-6-7-8-9-10-11-12-13-14-15-16-23(17-20-27)26(21-24(28)29)19-18-25-22-26/h15-16,22-23,27H,2-14,17-21H2,1H3/p+1. The molecule has 29 heavy (non-hydrogen) atoms. The van der Waals surface area contributed by atoms with Crippen LogP contribution in [0.25, 0.3) is 0 Å². The van der Waals surface area contributed by atoms with Gasteiger partial charge in [0, 0.05) is 13.0 Å². The first-order valence-corrected chi connectivity index (χ1v) is 12.0. The Morgan fingerprint density at radius 1 is 1.03 bits per heavy atom. The van der Waals surface area contributed by atoms with Crippen LogP contribution in [0, 0.1) is 0 Å². The number of carboxylic acid groups (broad SMARTS) is 1. The summed E-state index contributed by atoms with van der Waals surface area (Å²) in [6.45, 7) is 3.75. The molecule has 1 rings (SSSR count). The summed E-state index contributed by atoms with van der Waals surface area (Å²) in [5.74, 6) is -0.810. The number of quaternary nitrogens is 1. The van der Waals surface area contributed by atoms with Gasteiger partial charge in [0.25, 0.3) is 0 Å². The van der Waals surface area contributed by atoms with E-state index in [9.17, 15) is 15.0 Å². The molecule has 1 aliphatic heterocycles. The van der Waals surface area contributed by atoms with Crippen molar-refractivity contribution in [3.8, 4) is 0 Å². The molecule has 5 heteroatoms. The van der Waals surface area contributed by atoms with Gasteiger partial charge in [-0.25, -0.2) is 9.79 Å². The molecule has 0 aliphatic carbocycles. The normalized spacial score (nSPS) is 19.9. The molecule has 0 aromatic rings. The van der Waals surface area contributed by atoms with E-state index in [0.29, 0.717) is 24.0 Å². The fraction of sp³-hybridized carbons (Fsp3) is 0.833. The molecule has 1 heterocycles. The smallest absolute Gasteiger partial charge is 0.359 e. The van der Waals surface area contributed by atoms with E-state index in [4.69, 9.17) is 0 Å². The van der Waals surface area contributed by atoms with E-state index in [1.165, 1.54) is 77.0 Å². The lowest BCUT2D eigenvalue weighted by atomic mass is 10.0. The Hall–Kier alpha value is -1.20. The van der Waals surface area contributed by atoms with E-state index in [-0.39, 0.29) is 19.2 Å². The van der Waals surface area contributed by atoms with E-state index < -0.39 is 5.97 Å². The number of carboxylic acids is 1. The average Bonchev–Trinajstić information content (AvgIpc) is 3.16. The highest BCUT2D eigenvalue weighted by Gasteiger charge is 2.38. The fourth-order valence-electron chi connectivity index (χ4n) is 4.28. The first-order chi connectivity index (χ1) is 14.1. The van der Waals surface area contributed by atoms with Gasteiger partial charge in [-0.2, -0.15) is 0 Å². The van der Waals surface area contributed by atoms with E-state index in [1.807, 2.05) is 0 Å². The molecule has 0 spiro atoms. The molecule has 0 aromatic carbocycles. The van der Waals surface area contributed by atoms with Gasteiger partial charge in [0.1, 0.15) is 12.6 Å². The van der Waals surface area contributed by atoms with Crippen LogP contribution in [0.5, 0.6) is 0 Å². The van der Waals surface area contributed by atoms with Crippen LogP contribution in [0.3, 0.4) is 0 Å².